The summed E-state index contributed by atoms with van der Waals surface area (Å²) in [5, 5.41) is 3.80. The van der Waals surface area contributed by atoms with E-state index in [2.05, 4.69) is 15.3 Å². The van der Waals surface area contributed by atoms with E-state index in [9.17, 15) is 4.79 Å². The number of carbonyl (C=O) groups is 1. The predicted molar refractivity (Wildman–Crippen MR) is 101 cm³/mol. The van der Waals surface area contributed by atoms with Crippen molar-refractivity contribution in [3.05, 3.63) is 46.9 Å². The van der Waals surface area contributed by atoms with Gasteiger partial charge >= 0.3 is 0 Å². The second kappa shape index (κ2) is 7.42. The number of hydrogen-bond acceptors (Lipinski definition) is 6. The third-order valence-corrected chi connectivity index (χ3v) is 5.02. The summed E-state index contributed by atoms with van der Waals surface area (Å²) in [6, 6.07) is 9.00. The first-order valence-electron chi connectivity index (χ1n) is 8.99. The molecule has 0 bridgehead atoms. The summed E-state index contributed by atoms with van der Waals surface area (Å²) < 4.78 is 11.4. The van der Waals surface area contributed by atoms with Crippen molar-refractivity contribution in [3.8, 4) is 0 Å². The number of piperidine rings is 1. The molecule has 142 valence electrons. The Morgan fingerprint density at radius 2 is 1.93 bits per heavy atom. The lowest BCUT2D eigenvalue weighted by molar-refractivity contribution is -0.181. The Kier molecular flexibility index (Phi) is 4.99. The smallest absolute Gasteiger partial charge is 0.272 e. The average molecular weight is 389 g/mol. The molecule has 1 N–H and O–H groups in total. The molecule has 4 rings (SSSR count). The van der Waals surface area contributed by atoms with Crippen molar-refractivity contribution in [3.63, 3.8) is 0 Å². The van der Waals surface area contributed by atoms with Gasteiger partial charge < -0.3 is 19.7 Å². The van der Waals surface area contributed by atoms with E-state index in [0.717, 1.165) is 5.69 Å². The molecule has 2 fully saturated rings. The molecular weight excluding hydrogens is 368 g/mol. The monoisotopic (exact) mass is 388 g/mol. The van der Waals surface area contributed by atoms with Crippen molar-refractivity contribution in [2.24, 2.45) is 0 Å². The second-order valence-electron chi connectivity index (χ2n) is 6.72. The lowest BCUT2D eigenvalue weighted by Crippen LogP contribution is -2.47. The standard InChI is InChI=1S/C19H21ClN4O3/c1-13-21-16(12-17(22-13)23-15-4-2-3-14(20)11-15)18(25)24-7-5-19(6-8-24)26-9-10-27-19/h2-4,11-12H,5-10H2,1H3,(H,21,22,23). The molecule has 1 aromatic carbocycles. The molecule has 0 atom stereocenters. The van der Waals surface area contributed by atoms with Crippen molar-refractivity contribution in [1.29, 1.82) is 0 Å². The van der Waals surface area contributed by atoms with Gasteiger partial charge in [0.25, 0.3) is 5.91 Å². The number of rotatable bonds is 3. The van der Waals surface area contributed by atoms with Crippen LogP contribution in [0.2, 0.25) is 5.02 Å². The highest BCUT2D eigenvalue weighted by atomic mass is 35.5. The summed E-state index contributed by atoms with van der Waals surface area (Å²) >= 11 is 6.02. The largest absolute Gasteiger partial charge is 0.347 e. The van der Waals surface area contributed by atoms with E-state index in [1.807, 2.05) is 12.1 Å². The molecule has 2 saturated heterocycles. The molecule has 0 radical (unpaired) electrons. The van der Waals surface area contributed by atoms with Crippen LogP contribution in [0.4, 0.5) is 11.5 Å². The minimum absolute atomic E-state index is 0.109. The fourth-order valence-electron chi connectivity index (χ4n) is 3.45. The van der Waals surface area contributed by atoms with Gasteiger partial charge in [0.1, 0.15) is 17.3 Å². The SMILES string of the molecule is Cc1nc(Nc2cccc(Cl)c2)cc(C(=O)N2CCC3(CC2)OCCO3)n1. The van der Waals surface area contributed by atoms with Gasteiger partial charge in [0, 0.05) is 42.7 Å². The number of amides is 1. The number of anilines is 2. The van der Waals surface area contributed by atoms with Crippen LogP contribution in [0.25, 0.3) is 0 Å². The van der Waals surface area contributed by atoms with Crippen molar-refractivity contribution in [2.75, 3.05) is 31.6 Å². The van der Waals surface area contributed by atoms with E-state index < -0.39 is 5.79 Å². The van der Waals surface area contributed by atoms with Crippen molar-refractivity contribution >= 4 is 29.0 Å². The highest BCUT2D eigenvalue weighted by Gasteiger charge is 2.41. The summed E-state index contributed by atoms with van der Waals surface area (Å²) in [6.45, 7) is 4.18. The average Bonchev–Trinajstić information content (AvgIpc) is 3.09. The Bertz CT molecular complexity index is 845. The summed E-state index contributed by atoms with van der Waals surface area (Å²) in [4.78, 5) is 23.4. The van der Waals surface area contributed by atoms with Crippen LogP contribution in [0.5, 0.6) is 0 Å². The van der Waals surface area contributed by atoms with E-state index >= 15 is 0 Å². The molecule has 1 aromatic heterocycles. The predicted octanol–water partition coefficient (Wildman–Crippen LogP) is 3.16. The number of aromatic nitrogens is 2. The van der Waals surface area contributed by atoms with Crippen molar-refractivity contribution in [1.82, 2.24) is 14.9 Å². The van der Waals surface area contributed by atoms with E-state index in [1.54, 1.807) is 30.0 Å². The molecule has 2 aliphatic heterocycles. The lowest BCUT2D eigenvalue weighted by Gasteiger charge is -2.37. The minimum atomic E-state index is -0.502. The summed E-state index contributed by atoms with van der Waals surface area (Å²) in [5.74, 6) is 0.477. The summed E-state index contributed by atoms with van der Waals surface area (Å²) in [7, 11) is 0. The number of nitrogens with one attached hydrogen (secondary N) is 1. The number of carbonyl (C=O) groups excluding carboxylic acids is 1. The summed E-state index contributed by atoms with van der Waals surface area (Å²) in [5.41, 5.74) is 1.17. The van der Waals surface area contributed by atoms with Crippen molar-refractivity contribution < 1.29 is 14.3 Å². The van der Waals surface area contributed by atoms with Gasteiger partial charge in [-0.1, -0.05) is 17.7 Å². The Morgan fingerprint density at radius 1 is 1.19 bits per heavy atom. The molecule has 1 amide bonds. The molecule has 0 aliphatic carbocycles. The zero-order chi connectivity index (χ0) is 18.9. The number of benzene rings is 1. The van der Waals surface area contributed by atoms with E-state index in [0.29, 0.717) is 61.5 Å². The van der Waals surface area contributed by atoms with Crippen LogP contribution in [0.15, 0.2) is 30.3 Å². The number of aryl methyl sites for hydroxylation is 1. The Morgan fingerprint density at radius 3 is 2.63 bits per heavy atom. The molecule has 7 nitrogen and oxygen atoms in total. The maximum absolute atomic E-state index is 12.9. The molecule has 2 aliphatic rings. The van der Waals surface area contributed by atoms with Crippen LogP contribution in [0.1, 0.15) is 29.2 Å². The van der Waals surface area contributed by atoms with E-state index in [4.69, 9.17) is 21.1 Å². The van der Waals surface area contributed by atoms with Crippen LogP contribution in [0.3, 0.4) is 0 Å². The van der Waals surface area contributed by atoms with Gasteiger partial charge in [-0.25, -0.2) is 9.97 Å². The van der Waals surface area contributed by atoms with Crippen LogP contribution < -0.4 is 5.32 Å². The van der Waals surface area contributed by atoms with Gasteiger partial charge in [-0.05, 0) is 25.1 Å². The third-order valence-electron chi connectivity index (χ3n) is 4.78. The van der Waals surface area contributed by atoms with Crippen LogP contribution >= 0.6 is 11.6 Å². The van der Waals surface area contributed by atoms with Crippen LogP contribution in [0, 0.1) is 6.92 Å². The molecule has 27 heavy (non-hydrogen) atoms. The van der Waals surface area contributed by atoms with Crippen LogP contribution in [-0.4, -0.2) is 52.9 Å². The van der Waals surface area contributed by atoms with Gasteiger partial charge in [0.15, 0.2) is 5.79 Å². The fraction of sp³-hybridized carbons (Fsp3) is 0.421. The van der Waals surface area contributed by atoms with Gasteiger partial charge in [-0.15, -0.1) is 0 Å². The Labute approximate surface area is 162 Å². The maximum Gasteiger partial charge on any atom is 0.272 e. The van der Waals surface area contributed by atoms with E-state index in [-0.39, 0.29) is 5.91 Å². The summed E-state index contributed by atoms with van der Waals surface area (Å²) in [6.07, 6.45) is 1.35. The number of halogens is 1. The topological polar surface area (TPSA) is 76.6 Å². The van der Waals surface area contributed by atoms with Gasteiger partial charge in [0.05, 0.1) is 13.2 Å². The molecule has 8 heteroatoms. The lowest BCUT2D eigenvalue weighted by atomic mass is 10.0. The van der Waals surface area contributed by atoms with E-state index in [1.165, 1.54) is 0 Å². The molecule has 1 spiro atoms. The van der Waals surface area contributed by atoms with Crippen LogP contribution in [-0.2, 0) is 9.47 Å². The Balaban J connectivity index is 1.48. The van der Waals surface area contributed by atoms with Gasteiger partial charge in [-0.3, -0.25) is 4.79 Å². The number of likely N-dealkylation sites (tertiary alicyclic amines) is 1. The van der Waals surface area contributed by atoms with Crippen molar-refractivity contribution in [2.45, 2.75) is 25.6 Å². The fourth-order valence-corrected chi connectivity index (χ4v) is 3.64. The zero-order valence-electron chi connectivity index (χ0n) is 15.1. The van der Waals surface area contributed by atoms with Gasteiger partial charge in [-0.2, -0.15) is 0 Å². The number of hydrogen-bond donors (Lipinski definition) is 1. The maximum atomic E-state index is 12.9. The zero-order valence-corrected chi connectivity index (χ0v) is 15.8. The first-order valence-corrected chi connectivity index (χ1v) is 9.36. The highest BCUT2D eigenvalue weighted by Crippen LogP contribution is 2.31. The third kappa shape index (κ3) is 4.05. The quantitative estimate of drug-likeness (QED) is 0.870. The molecule has 0 unspecified atom stereocenters. The first-order chi connectivity index (χ1) is 13.0. The number of nitrogens with zero attached hydrogens (tertiary/aromatic N) is 3. The minimum Gasteiger partial charge on any atom is -0.347 e. The molecule has 0 saturated carbocycles. The molecular formula is C19H21ClN4O3. The Hall–Kier alpha value is -2.22. The second-order valence-corrected chi connectivity index (χ2v) is 7.16. The molecule has 3 heterocycles. The first kappa shape index (κ1) is 18.2. The number of ether oxygens (including phenoxy) is 2. The molecule has 2 aromatic rings. The van der Waals surface area contributed by atoms with Gasteiger partial charge in [0.2, 0.25) is 0 Å². The highest BCUT2D eigenvalue weighted by molar-refractivity contribution is 6.30. The normalized spacial score (nSPS) is 18.7.